The zero-order valence-corrected chi connectivity index (χ0v) is 7.99. The van der Waals surface area contributed by atoms with Crippen LogP contribution in [0.1, 0.15) is 5.56 Å². The predicted octanol–water partition coefficient (Wildman–Crippen LogP) is 0.816. The molecule has 0 spiro atoms. The summed E-state index contributed by atoms with van der Waals surface area (Å²) >= 11 is 0. The minimum absolute atomic E-state index is 0.0446. The van der Waals surface area contributed by atoms with Gasteiger partial charge in [-0.15, -0.1) is 0 Å². The van der Waals surface area contributed by atoms with Crippen LogP contribution in [-0.2, 0) is 20.7 Å². The first-order valence-corrected chi connectivity index (χ1v) is 4.13. The maximum atomic E-state index is 13.1. The van der Waals surface area contributed by atoms with Crippen LogP contribution in [0, 0.1) is 5.82 Å². The number of carbonyl (C=O) groups excluding carboxylic acids is 2. The van der Waals surface area contributed by atoms with E-state index < -0.39 is 17.6 Å². The number of hydrogen-bond acceptors (Lipinski definition) is 4. The smallest absolute Gasteiger partial charge is 0.374 e. The number of methoxy groups -OCH3 is 1. The fraction of sp³-hybridized carbons (Fsp3) is 0.200. The Balaban J connectivity index is 2.81. The summed E-state index contributed by atoms with van der Waals surface area (Å²) in [5.74, 6) is -2.81. The summed E-state index contributed by atoms with van der Waals surface area (Å²) < 4.78 is 17.3. The minimum Gasteiger partial charge on any atom is -0.508 e. The van der Waals surface area contributed by atoms with Crippen LogP contribution in [0.15, 0.2) is 18.2 Å². The van der Waals surface area contributed by atoms with Crippen LogP contribution in [0.5, 0.6) is 5.75 Å². The summed E-state index contributed by atoms with van der Waals surface area (Å²) in [6.07, 6.45) is -0.376. The Labute approximate surface area is 85.3 Å². The number of halogens is 1. The Bertz CT molecular complexity index is 400. The highest BCUT2D eigenvalue weighted by Gasteiger charge is 2.16. The van der Waals surface area contributed by atoms with E-state index in [0.29, 0.717) is 0 Å². The van der Waals surface area contributed by atoms with Gasteiger partial charge in [0.15, 0.2) is 0 Å². The van der Waals surface area contributed by atoms with Crippen molar-refractivity contribution in [2.75, 3.05) is 7.11 Å². The predicted molar refractivity (Wildman–Crippen MR) is 48.8 cm³/mol. The molecule has 0 amide bonds. The molecule has 0 atom stereocenters. The van der Waals surface area contributed by atoms with Gasteiger partial charge in [-0.05, 0) is 11.6 Å². The van der Waals surface area contributed by atoms with Gasteiger partial charge < -0.3 is 9.84 Å². The van der Waals surface area contributed by atoms with Gasteiger partial charge in [0.1, 0.15) is 11.6 Å². The lowest BCUT2D eigenvalue weighted by molar-refractivity contribution is -0.151. The normalized spacial score (nSPS) is 9.73. The van der Waals surface area contributed by atoms with Crippen molar-refractivity contribution < 1.29 is 23.8 Å². The highest BCUT2D eigenvalue weighted by atomic mass is 19.1. The molecular formula is C10H9FO4. The van der Waals surface area contributed by atoms with Gasteiger partial charge in [0, 0.05) is 12.5 Å². The molecule has 0 aliphatic heterocycles. The van der Waals surface area contributed by atoms with Crippen LogP contribution in [-0.4, -0.2) is 24.0 Å². The summed E-state index contributed by atoms with van der Waals surface area (Å²) in [5, 5.41) is 8.91. The van der Waals surface area contributed by atoms with E-state index in [4.69, 9.17) is 5.11 Å². The molecular weight excluding hydrogens is 203 g/mol. The summed E-state index contributed by atoms with van der Waals surface area (Å²) in [4.78, 5) is 21.8. The number of Topliss-reactive ketones (excluding diaryl/α,β-unsaturated/α-hetero) is 1. The SMILES string of the molecule is COC(=O)C(=O)Cc1ccc(O)cc1F. The van der Waals surface area contributed by atoms with Crippen molar-refractivity contribution >= 4 is 11.8 Å². The Morgan fingerprint density at radius 1 is 1.47 bits per heavy atom. The van der Waals surface area contributed by atoms with Gasteiger partial charge in [-0.1, -0.05) is 6.07 Å². The molecule has 0 saturated carbocycles. The molecule has 0 aromatic heterocycles. The van der Waals surface area contributed by atoms with Crippen LogP contribution < -0.4 is 0 Å². The second kappa shape index (κ2) is 4.54. The molecule has 0 saturated heterocycles. The van der Waals surface area contributed by atoms with Crippen molar-refractivity contribution in [1.82, 2.24) is 0 Å². The van der Waals surface area contributed by atoms with Crippen molar-refractivity contribution in [3.05, 3.63) is 29.6 Å². The number of ether oxygens (including phenoxy) is 1. The first-order chi connectivity index (χ1) is 7.04. The standard InChI is InChI=1S/C10H9FO4/c1-15-10(14)9(13)4-6-2-3-7(12)5-8(6)11/h2-3,5,12H,4H2,1H3. The van der Waals surface area contributed by atoms with Crippen LogP contribution >= 0.6 is 0 Å². The molecule has 4 nitrogen and oxygen atoms in total. The lowest BCUT2D eigenvalue weighted by atomic mass is 10.1. The van der Waals surface area contributed by atoms with E-state index in [1.54, 1.807) is 0 Å². The lowest BCUT2D eigenvalue weighted by Crippen LogP contribution is -2.18. The third kappa shape index (κ3) is 2.77. The van der Waals surface area contributed by atoms with Crippen molar-refractivity contribution in [2.24, 2.45) is 0 Å². The average molecular weight is 212 g/mol. The van der Waals surface area contributed by atoms with E-state index in [2.05, 4.69) is 4.74 Å². The summed E-state index contributed by atoms with van der Waals surface area (Å²) in [6.45, 7) is 0. The van der Waals surface area contributed by atoms with Gasteiger partial charge in [0.05, 0.1) is 7.11 Å². The van der Waals surface area contributed by atoms with Gasteiger partial charge in [0.25, 0.3) is 0 Å². The third-order valence-electron chi connectivity index (χ3n) is 1.80. The van der Waals surface area contributed by atoms with Gasteiger partial charge in [-0.2, -0.15) is 0 Å². The molecule has 0 unspecified atom stereocenters. The molecule has 0 fully saturated rings. The maximum Gasteiger partial charge on any atom is 0.374 e. The Morgan fingerprint density at radius 2 is 2.13 bits per heavy atom. The van der Waals surface area contributed by atoms with Crippen molar-refractivity contribution in [3.63, 3.8) is 0 Å². The number of rotatable bonds is 3. The van der Waals surface area contributed by atoms with Gasteiger partial charge >= 0.3 is 5.97 Å². The molecule has 0 aliphatic carbocycles. The highest BCUT2D eigenvalue weighted by molar-refractivity contribution is 6.34. The number of esters is 1. The van der Waals surface area contributed by atoms with E-state index in [1.165, 1.54) is 12.1 Å². The second-order valence-electron chi connectivity index (χ2n) is 2.87. The first-order valence-electron chi connectivity index (χ1n) is 4.13. The average Bonchev–Trinajstić information content (AvgIpc) is 2.20. The fourth-order valence-electron chi connectivity index (χ4n) is 1.04. The van der Waals surface area contributed by atoms with Gasteiger partial charge in [-0.3, -0.25) is 4.79 Å². The van der Waals surface area contributed by atoms with Crippen molar-refractivity contribution in [1.29, 1.82) is 0 Å². The lowest BCUT2D eigenvalue weighted by Gasteiger charge is -2.01. The molecule has 0 heterocycles. The highest BCUT2D eigenvalue weighted by Crippen LogP contribution is 2.15. The molecule has 80 valence electrons. The summed E-state index contributed by atoms with van der Waals surface area (Å²) in [6, 6.07) is 3.36. The number of hydrogen-bond donors (Lipinski definition) is 1. The van der Waals surface area contributed by atoms with E-state index in [-0.39, 0.29) is 17.7 Å². The van der Waals surface area contributed by atoms with Crippen LogP contribution in [0.3, 0.4) is 0 Å². The summed E-state index contributed by atoms with van der Waals surface area (Å²) in [7, 11) is 1.08. The Morgan fingerprint density at radius 3 is 2.67 bits per heavy atom. The first kappa shape index (κ1) is 11.2. The molecule has 0 aliphatic rings. The maximum absolute atomic E-state index is 13.1. The second-order valence-corrected chi connectivity index (χ2v) is 2.87. The molecule has 1 aromatic carbocycles. The molecule has 1 aromatic rings. The van der Waals surface area contributed by atoms with E-state index >= 15 is 0 Å². The van der Waals surface area contributed by atoms with E-state index in [1.807, 2.05) is 0 Å². The van der Waals surface area contributed by atoms with Crippen LogP contribution in [0.2, 0.25) is 0 Å². The minimum atomic E-state index is -1.01. The fourth-order valence-corrected chi connectivity index (χ4v) is 1.04. The Kier molecular flexibility index (Phi) is 3.38. The monoisotopic (exact) mass is 212 g/mol. The largest absolute Gasteiger partial charge is 0.508 e. The number of phenolic OH excluding ortho intramolecular Hbond substituents is 1. The molecule has 0 radical (unpaired) electrons. The molecule has 1 rings (SSSR count). The number of carbonyl (C=O) groups is 2. The van der Waals surface area contributed by atoms with Crippen LogP contribution in [0.4, 0.5) is 4.39 Å². The Hall–Kier alpha value is -1.91. The van der Waals surface area contributed by atoms with Gasteiger partial charge in [0.2, 0.25) is 5.78 Å². The van der Waals surface area contributed by atoms with Crippen molar-refractivity contribution in [2.45, 2.75) is 6.42 Å². The quantitative estimate of drug-likeness (QED) is 0.595. The molecule has 0 bridgehead atoms. The molecule has 1 N–H and O–H groups in total. The number of phenols is 1. The van der Waals surface area contributed by atoms with E-state index in [9.17, 15) is 14.0 Å². The van der Waals surface area contributed by atoms with Crippen molar-refractivity contribution in [3.8, 4) is 5.75 Å². The van der Waals surface area contributed by atoms with Gasteiger partial charge in [-0.25, -0.2) is 9.18 Å². The zero-order chi connectivity index (χ0) is 11.4. The number of aromatic hydroxyl groups is 1. The third-order valence-corrected chi connectivity index (χ3v) is 1.80. The van der Waals surface area contributed by atoms with E-state index in [0.717, 1.165) is 13.2 Å². The number of benzene rings is 1. The number of ketones is 1. The molecule has 5 heteroatoms. The zero-order valence-electron chi connectivity index (χ0n) is 7.99. The molecule has 15 heavy (non-hydrogen) atoms. The topological polar surface area (TPSA) is 63.6 Å². The summed E-state index contributed by atoms with van der Waals surface area (Å²) in [5.41, 5.74) is 0.0446. The van der Waals surface area contributed by atoms with Crippen LogP contribution in [0.25, 0.3) is 0 Å².